The van der Waals surface area contributed by atoms with Crippen LogP contribution in [0.2, 0.25) is 0 Å². The van der Waals surface area contributed by atoms with Gasteiger partial charge in [-0.2, -0.15) is 5.10 Å². The lowest BCUT2D eigenvalue weighted by atomic mass is 9.85. The van der Waals surface area contributed by atoms with Crippen molar-refractivity contribution in [3.63, 3.8) is 0 Å². The summed E-state index contributed by atoms with van der Waals surface area (Å²) in [6.45, 7) is 1.80. The van der Waals surface area contributed by atoms with Crippen LogP contribution >= 0.6 is 0 Å². The minimum atomic E-state index is -3.34. The summed E-state index contributed by atoms with van der Waals surface area (Å²) in [5.41, 5.74) is 0.937. The standard InChI is InChI=1S/C20H32N4O5S/c1-13(8-14-9-21-24(2)10-14)19(25)22-16-11-30(27,28)12-17(16)23-20(26)15-6-4-5-7-18(15)29-3/h9-10,13,15-18H,4-8,11-12H2,1-3H3,(H,22,25)(H,23,26). The number of carbonyl (C=O) groups excluding carboxylic acids is 2. The zero-order chi connectivity index (χ0) is 21.9. The van der Waals surface area contributed by atoms with Crippen LogP contribution < -0.4 is 10.6 Å². The molecule has 5 atom stereocenters. The average molecular weight is 441 g/mol. The number of ether oxygens (including phenoxy) is 1. The van der Waals surface area contributed by atoms with Crippen molar-refractivity contribution in [2.45, 2.75) is 57.2 Å². The molecule has 1 aliphatic carbocycles. The first-order valence-electron chi connectivity index (χ1n) is 10.5. The maximum atomic E-state index is 12.8. The highest BCUT2D eigenvalue weighted by molar-refractivity contribution is 7.91. The number of aryl methyl sites for hydroxylation is 1. The molecule has 2 amide bonds. The topological polar surface area (TPSA) is 119 Å². The molecule has 1 saturated carbocycles. The molecule has 2 heterocycles. The number of carbonyl (C=O) groups is 2. The zero-order valence-corrected chi connectivity index (χ0v) is 18.7. The van der Waals surface area contributed by atoms with Gasteiger partial charge in [-0.3, -0.25) is 14.3 Å². The fourth-order valence-electron chi connectivity index (χ4n) is 4.45. The highest BCUT2D eigenvalue weighted by Crippen LogP contribution is 2.27. The van der Waals surface area contributed by atoms with Gasteiger partial charge >= 0.3 is 0 Å². The van der Waals surface area contributed by atoms with Crippen molar-refractivity contribution in [2.24, 2.45) is 18.9 Å². The third kappa shape index (κ3) is 5.60. The van der Waals surface area contributed by atoms with Crippen molar-refractivity contribution in [3.05, 3.63) is 18.0 Å². The number of rotatable bonds is 7. The van der Waals surface area contributed by atoms with Crippen LogP contribution in [0.15, 0.2) is 12.4 Å². The van der Waals surface area contributed by atoms with E-state index < -0.39 is 21.9 Å². The fraction of sp³-hybridized carbons (Fsp3) is 0.750. The molecule has 30 heavy (non-hydrogen) atoms. The van der Waals surface area contributed by atoms with Gasteiger partial charge in [0.2, 0.25) is 11.8 Å². The number of sulfone groups is 1. The number of hydrogen-bond acceptors (Lipinski definition) is 6. The van der Waals surface area contributed by atoms with Crippen LogP contribution in [-0.2, 0) is 37.6 Å². The third-order valence-corrected chi connectivity index (χ3v) is 7.83. The van der Waals surface area contributed by atoms with Gasteiger partial charge in [0.15, 0.2) is 9.84 Å². The normalized spacial score (nSPS) is 29.3. The van der Waals surface area contributed by atoms with Crippen molar-refractivity contribution in [1.29, 1.82) is 0 Å². The van der Waals surface area contributed by atoms with Gasteiger partial charge in [-0.15, -0.1) is 0 Å². The summed E-state index contributed by atoms with van der Waals surface area (Å²) in [6.07, 6.45) is 7.44. The third-order valence-electron chi connectivity index (χ3n) is 6.10. The molecule has 9 nitrogen and oxygen atoms in total. The number of amides is 2. The lowest BCUT2D eigenvalue weighted by molar-refractivity contribution is -0.132. The van der Waals surface area contributed by atoms with E-state index in [-0.39, 0.29) is 41.3 Å². The van der Waals surface area contributed by atoms with Crippen molar-refractivity contribution >= 4 is 21.7 Å². The summed E-state index contributed by atoms with van der Waals surface area (Å²) in [5, 5.41) is 9.84. The van der Waals surface area contributed by atoms with E-state index in [1.807, 2.05) is 13.2 Å². The molecular weight excluding hydrogens is 408 g/mol. The van der Waals surface area contributed by atoms with E-state index in [4.69, 9.17) is 4.74 Å². The molecule has 0 radical (unpaired) electrons. The molecule has 5 unspecified atom stereocenters. The number of hydrogen-bond donors (Lipinski definition) is 2. The maximum Gasteiger partial charge on any atom is 0.226 e. The van der Waals surface area contributed by atoms with Crippen LogP contribution in [0.1, 0.15) is 38.2 Å². The van der Waals surface area contributed by atoms with Crippen molar-refractivity contribution in [3.8, 4) is 0 Å². The molecular formula is C20H32N4O5S. The number of nitrogens with zero attached hydrogens (tertiary/aromatic N) is 2. The van der Waals surface area contributed by atoms with E-state index in [1.54, 1.807) is 24.9 Å². The molecule has 0 spiro atoms. The summed E-state index contributed by atoms with van der Waals surface area (Å²) in [5.74, 6) is -1.37. The second-order valence-corrected chi connectivity index (χ2v) is 10.8. The van der Waals surface area contributed by atoms with Gasteiger partial charge in [-0.25, -0.2) is 8.42 Å². The predicted octanol–water partition coefficient (Wildman–Crippen LogP) is 0.202. The lowest BCUT2D eigenvalue weighted by Gasteiger charge is -2.31. The Kier molecular flexibility index (Phi) is 7.18. The van der Waals surface area contributed by atoms with E-state index in [9.17, 15) is 18.0 Å². The minimum absolute atomic E-state index is 0.149. The molecule has 2 fully saturated rings. The van der Waals surface area contributed by atoms with Crippen LogP contribution in [0.4, 0.5) is 0 Å². The van der Waals surface area contributed by atoms with Crippen LogP contribution in [0.25, 0.3) is 0 Å². The second-order valence-electron chi connectivity index (χ2n) is 8.60. The highest BCUT2D eigenvalue weighted by Gasteiger charge is 2.41. The average Bonchev–Trinajstić information content (AvgIpc) is 3.22. The van der Waals surface area contributed by atoms with E-state index >= 15 is 0 Å². The summed E-state index contributed by atoms with van der Waals surface area (Å²) >= 11 is 0. The van der Waals surface area contributed by atoms with Gasteiger partial charge in [0.25, 0.3) is 0 Å². The first-order valence-corrected chi connectivity index (χ1v) is 12.3. The van der Waals surface area contributed by atoms with Gasteiger partial charge in [-0.1, -0.05) is 19.8 Å². The van der Waals surface area contributed by atoms with Gasteiger partial charge < -0.3 is 15.4 Å². The maximum absolute atomic E-state index is 12.8. The Morgan fingerprint density at radius 3 is 2.53 bits per heavy atom. The lowest BCUT2D eigenvalue weighted by Crippen LogP contribution is -2.54. The van der Waals surface area contributed by atoms with Crippen LogP contribution in [0.5, 0.6) is 0 Å². The molecule has 3 rings (SSSR count). The molecule has 0 bridgehead atoms. The number of nitrogens with one attached hydrogen (secondary N) is 2. The van der Waals surface area contributed by atoms with Crippen LogP contribution in [0, 0.1) is 11.8 Å². The van der Waals surface area contributed by atoms with E-state index in [0.29, 0.717) is 6.42 Å². The van der Waals surface area contributed by atoms with Crippen LogP contribution in [0.3, 0.4) is 0 Å². The largest absolute Gasteiger partial charge is 0.381 e. The Bertz CT molecular complexity index is 868. The molecule has 2 N–H and O–H groups in total. The fourth-order valence-corrected chi connectivity index (χ4v) is 6.31. The van der Waals surface area contributed by atoms with Gasteiger partial charge in [0.1, 0.15) is 0 Å². The Labute approximate surface area is 177 Å². The Morgan fingerprint density at radius 2 is 1.90 bits per heavy atom. The number of methoxy groups -OCH3 is 1. The first-order chi connectivity index (χ1) is 14.2. The molecule has 1 aliphatic heterocycles. The first kappa shape index (κ1) is 22.7. The highest BCUT2D eigenvalue weighted by atomic mass is 32.2. The molecule has 0 aromatic carbocycles. The molecule has 2 aliphatic rings. The summed E-state index contributed by atoms with van der Waals surface area (Å²) in [4.78, 5) is 25.5. The van der Waals surface area contributed by atoms with E-state index in [0.717, 1.165) is 31.2 Å². The van der Waals surface area contributed by atoms with E-state index in [2.05, 4.69) is 15.7 Å². The second kappa shape index (κ2) is 9.47. The zero-order valence-electron chi connectivity index (χ0n) is 17.8. The monoisotopic (exact) mass is 440 g/mol. The Hall–Kier alpha value is -1.94. The molecule has 168 valence electrons. The smallest absolute Gasteiger partial charge is 0.226 e. The molecule has 1 aromatic rings. The van der Waals surface area contributed by atoms with Crippen molar-refractivity contribution in [2.75, 3.05) is 18.6 Å². The summed E-state index contributed by atoms with van der Waals surface area (Å²) in [6, 6.07) is -1.26. The Balaban J connectivity index is 1.62. The Morgan fingerprint density at radius 1 is 1.23 bits per heavy atom. The summed E-state index contributed by atoms with van der Waals surface area (Å²) in [7, 11) is 0.0701. The molecule has 10 heteroatoms. The predicted molar refractivity (Wildman–Crippen MR) is 111 cm³/mol. The van der Waals surface area contributed by atoms with E-state index in [1.165, 1.54) is 0 Å². The molecule has 1 saturated heterocycles. The quantitative estimate of drug-likeness (QED) is 0.625. The molecule has 1 aromatic heterocycles. The van der Waals surface area contributed by atoms with Gasteiger partial charge in [0.05, 0.1) is 41.8 Å². The minimum Gasteiger partial charge on any atom is -0.381 e. The number of aromatic nitrogens is 2. The van der Waals surface area contributed by atoms with Crippen LogP contribution in [-0.4, -0.2) is 66.8 Å². The summed E-state index contributed by atoms with van der Waals surface area (Å²) < 4.78 is 31.6. The SMILES string of the molecule is COC1CCCCC1C(=O)NC1CS(=O)(=O)CC1NC(=O)C(C)Cc1cnn(C)c1. The van der Waals surface area contributed by atoms with Gasteiger partial charge in [-0.05, 0) is 24.8 Å². The van der Waals surface area contributed by atoms with Crippen molar-refractivity contribution in [1.82, 2.24) is 20.4 Å². The van der Waals surface area contributed by atoms with Gasteiger partial charge in [0, 0.05) is 26.3 Å². The van der Waals surface area contributed by atoms with Crippen molar-refractivity contribution < 1.29 is 22.7 Å².